The van der Waals surface area contributed by atoms with Crippen molar-refractivity contribution in [1.29, 1.82) is 0 Å². The summed E-state index contributed by atoms with van der Waals surface area (Å²) in [5.41, 5.74) is 2.10. The monoisotopic (exact) mass is 281 g/mol. The Morgan fingerprint density at radius 2 is 2.00 bits per heavy atom. The number of ether oxygens (including phenoxy) is 1. The van der Waals surface area contributed by atoms with E-state index in [4.69, 9.17) is 9.84 Å². The second kappa shape index (κ2) is 7.62. The summed E-state index contributed by atoms with van der Waals surface area (Å²) < 4.78 is 5.62. The third kappa shape index (κ3) is 5.90. The van der Waals surface area contributed by atoms with E-state index in [0.29, 0.717) is 13.1 Å². The van der Waals surface area contributed by atoms with Crippen molar-refractivity contribution in [1.82, 2.24) is 5.32 Å². The number of aliphatic hydroxyl groups excluding tert-OH is 2. The zero-order valence-electron chi connectivity index (χ0n) is 12.9. The molecule has 0 saturated heterocycles. The molecule has 1 rings (SSSR count). The molecule has 114 valence electrons. The van der Waals surface area contributed by atoms with E-state index in [1.54, 1.807) is 0 Å². The van der Waals surface area contributed by atoms with E-state index >= 15 is 0 Å². The fraction of sp³-hybridized carbons (Fsp3) is 0.625. The van der Waals surface area contributed by atoms with Crippen LogP contribution in [0.5, 0.6) is 5.75 Å². The molecule has 0 aliphatic heterocycles. The first-order valence-corrected chi connectivity index (χ1v) is 7.04. The van der Waals surface area contributed by atoms with Crippen LogP contribution < -0.4 is 10.1 Å². The minimum absolute atomic E-state index is 0.120. The van der Waals surface area contributed by atoms with Gasteiger partial charge in [-0.05, 0) is 25.5 Å². The first kappa shape index (κ1) is 17.0. The van der Waals surface area contributed by atoms with Crippen molar-refractivity contribution >= 4 is 0 Å². The van der Waals surface area contributed by atoms with Gasteiger partial charge in [-0.3, -0.25) is 0 Å². The molecule has 0 bridgehead atoms. The molecule has 20 heavy (non-hydrogen) atoms. The summed E-state index contributed by atoms with van der Waals surface area (Å²) in [6, 6.07) is 5.99. The van der Waals surface area contributed by atoms with E-state index in [2.05, 4.69) is 11.4 Å². The van der Waals surface area contributed by atoms with Gasteiger partial charge in [0.1, 0.15) is 18.5 Å². The van der Waals surface area contributed by atoms with Crippen LogP contribution in [-0.2, 0) is 0 Å². The van der Waals surface area contributed by atoms with Gasteiger partial charge in [0.05, 0.1) is 0 Å². The molecule has 0 radical (unpaired) electrons. The van der Waals surface area contributed by atoms with Crippen molar-refractivity contribution in [3.8, 4) is 5.75 Å². The molecule has 0 fully saturated rings. The molecule has 1 aromatic carbocycles. The molecular formula is C16H27NO3. The zero-order valence-corrected chi connectivity index (χ0v) is 12.9. The Labute approximate surface area is 121 Å². The molecule has 3 N–H and O–H groups in total. The van der Waals surface area contributed by atoms with Crippen LogP contribution in [0.1, 0.15) is 25.0 Å². The molecule has 0 aliphatic carbocycles. The molecular weight excluding hydrogens is 254 g/mol. The maximum absolute atomic E-state index is 9.88. The summed E-state index contributed by atoms with van der Waals surface area (Å²) in [7, 11) is 0. The lowest BCUT2D eigenvalue weighted by atomic mass is 9.95. The first-order valence-electron chi connectivity index (χ1n) is 7.04. The second-order valence-electron chi connectivity index (χ2n) is 6.19. The molecule has 1 atom stereocenters. The highest BCUT2D eigenvalue weighted by atomic mass is 16.5. The van der Waals surface area contributed by atoms with Crippen LogP contribution in [-0.4, -0.2) is 42.6 Å². The highest BCUT2D eigenvalue weighted by Gasteiger charge is 2.16. The third-order valence-corrected chi connectivity index (χ3v) is 3.17. The van der Waals surface area contributed by atoms with Gasteiger partial charge < -0.3 is 20.3 Å². The van der Waals surface area contributed by atoms with Crippen molar-refractivity contribution in [3.05, 3.63) is 29.3 Å². The van der Waals surface area contributed by atoms with E-state index in [0.717, 1.165) is 11.3 Å². The van der Waals surface area contributed by atoms with Gasteiger partial charge in [0.25, 0.3) is 0 Å². The van der Waals surface area contributed by atoms with Gasteiger partial charge in [-0.15, -0.1) is 0 Å². The van der Waals surface area contributed by atoms with Gasteiger partial charge in [0.2, 0.25) is 0 Å². The van der Waals surface area contributed by atoms with Gasteiger partial charge in [0, 0.05) is 25.1 Å². The van der Waals surface area contributed by atoms with Gasteiger partial charge in [-0.2, -0.15) is 0 Å². The van der Waals surface area contributed by atoms with Gasteiger partial charge in [-0.1, -0.05) is 31.5 Å². The molecule has 1 aromatic rings. The number of hydrogen-bond donors (Lipinski definition) is 3. The van der Waals surface area contributed by atoms with Gasteiger partial charge in [-0.25, -0.2) is 0 Å². The highest BCUT2D eigenvalue weighted by Crippen LogP contribution is 2.18. The highest BCUT2D eigenvalue weighted by molar-refractivity contribution is 5.35. The fourth-order valence-electron chi connectivity index (χ4n) is 1.84. The number of aliphatic hydroxyl groups is 2. The largest absolute Gasteiger partial charge is 0.491 e. The quantitative estimate of drug-likeness (QED) is 0.678. The Hall–Kier alpha value is -1.10. The van der Waals surface area contributed by atoms with Crippen molar-refractivity contribution in [2.45, 2.75) is 33.8 Å². The van der Waals surface area contributed by atoms with Crippen LogP contribution in [0.25, 0.3) is 0 Å². The summed E-state index contributed by atoms with van der Waals surface area (Å²) in [4.78, 5) is 0. The summed E-state index contributed by atoms with van der Waals surface area (Å²) in [5, 5.41) is 22.2. The topological polar surface area (TPSA) is 61.7 Å². The minimum atomic E-state index is -0.565. The predicted octanol–water partition coefficient (Wildman–Crippen LogP) is 1.65. The Balaban J connectivity index is 2.31. The Bertz CT molecular complexity index is 418. The second-order valence-corrected chi connectivity index (χ2v) is 6.19. The van der Waals surface area contributed by atoms with E-state index in [9.17, 15) is 5.11 Å². The van der Waals surface area contributed by atoms with E-state index < -0.39 is 6.10 Å². The molecule has 4 nitrogen and oxygen atoms in total. The molecule has 0 saturated carbocycles. The minimum Gasteiger partial charge on any atom is -0.491 e. The number of hydrogen-bond acceptors (Lipinski definition) is 4. The molecule has 4 heteroatoms. The van der Waals surface area contributed by atoms with E-state index in [1.165, 1.54) is 5.56 Å². The number of rotatable bonds is 8. The van der Waals surface area contributed by atoms with Gasteiger partial charge >= 0.3 is 0 Å². The molecule has 0 aliphatic rings. The summed E-state index contributed by atoms with van der Waals surface area (Å²) in [5.74, 6) is 0.810. The van der Waals surface area contributed by atoms with E-state index in [-0.39, 0.29) is 18.6 Å². The summed E-state index contributed by atoms with van der Waals surface area (Å²) in [6.07, 6.45) is -0.565. The van der Waals surface area contributed by atoms with Crippen LogP contribution in [0.15, 0.2) is 18.2 Å². The maximum atomic E-state index is 9.88. The third-order valence-electron chi connectivity index (χ3n) is 3.17. The van der Waals surface area contributed by atoms with E-state index in [1.807, 2.05) is 39.8 Å². The predicted molar refractivity (Wildman–Crippen MR) is 81.2 cm³/mol. The van der Waals surface area contributed by atoms with Crippen molar-refractivity contribution < 1.29 is 14.9 Å². The fourth-order valence-corrected chi connectivity index (χ4v) is 1.84. The summed E-state index contributed by atoms with van der Waals surface area (Å²) >= 11 is 0. The van der Waals surface area contributed by atoms with Crippen molar-refractivity contribution in [2.24, 2.45) is 5.41 Å². The molecule has 0 heterocycles. The normalized spacial score (nSPS) is 13.3. The lowest BCUT2D eigenvalue weighted by molar-refractivity contribution is 0.0977. The average Bonchev–Trinajstić information content (AvgIpc) is 2.37. The number of nitrogens with one attached hydrogen (secondary N) is 1. The van der Waals surface area contributed by atoms with Crippen molar-refractivity contribution in [3.63, 3.8) is 0 Å². The molecule has 0 aromatic heterocycles. The SMILES string of the molecule is Cc1ccc(OCC(O)CNCC(C)(C)CO)c(C)c1. The van der Waals surface area contributed by atoms with Crippen LogP contribution in [0.3, 0.4) is 0 Å². The Morgan fingerprint density at radius 1 is 1.30 bits per heavy atom. The van der Waals surface area contributed by atoms with Crippen LogP contribution >= 0.6 is 0 Å². The van der Waals surface area contributed by atoms with Crippen LogP contribution in [0.4, 0.5) is 0 Å². The average molecular weight is 281 g/mol. The van der Waals surface area contributed by atoms with Crippen LogP contribution in [0.2, 0.25) is 0 Å². The van der Waals surface area contributed by atoms with Crippen molar-refractivity contribution in [2.75, 3.05) is 26.3 Å². The maximum Gasteiger partial charge on any atom is 0.122 e. The number of aryl methyl sites for hydroxylation is 2. The Kier molecular flexibility index (Phi) is 6.46. The molecule has 0 spiro atoms. The first-order chi connectivity index (χ1) is 9.34. The van der Waals surface area contributed by atoms with Crippen LogP contribution in [0, 0.1) is 19.3 Å². The number of benzene rings is 1. The zero-order chi connectivity index (χ0) is 15.2. The smallest absolute Gasteiger partial charge is 0.122 e. The van der Waals surface area contributed by atoms with Gasteiger partial charge in [0.15, 0.2) is 0 Å². The lowest BCUT2D eigenvalue weighted by Gasteiger charge is -2.23. The molecule has 1 unspecified atom stereocenters. The standard InChI is InChI=1S/C16H27NO3/c1-12-5-6-15(13(2)7-12)20-9-14(19)8-17-10-16(3,4)11-18/h5-7,14,17-19H,8-11H2,1-4H3. The Morgan fingerprint density at radius 3 is 2.60 bits per heavy atom. The summed E-state index contributed by atoms with van der Waals surface area (Å²) in [6.45, 7) is 9.47. The lowest BCUT2D eigenvalue weighted by Crippen LogP contribution is -2.38. The molecule has 0 amide bonds.